The number of hydrogen-bond donors (Lipinski definition) is 1. The van der Waals surface area contributed by atoms with E-state index in [1.165, 1.54) is 70.6 Å². The Kier molecular flexibility index (Phi) is 16.5. The third-order valence-corrected chi connectivity index (χ3v) is 8.39. The van der Waals surface area contributed by atoms with Gasteiger partial charge in [0.2, 0.25) is 0 Å². The highest BCUT2D eigenvalue weighted by atomic mass is 16.5. The van der Waals surface area contributed by atoms with E-state index in [2.05, 4.69) is 55.4 Å². The van der Waals surface area contributed by atoms with Crippen LogP contribution in [-0.4, -0.2) is 17.2 Å². The largest absolute Gasteiger partial charge is 0.462 e. The number of aliphatic hydroxyl groups excluding tert-OH is 1. The summed E-state index contributed by atoms with van der Waals surface area (Å²) in [5.41, 5.74) is 0.815. The first kappa shape index (κ1) is 34.7. The maximum Gasteiger partial charge on any atom is 0.309 e. The molecule has 4 unspecified atom stereocenters. The van der Waals surface area contributed by atoms with Crippen LogP contribution in [0.5, 0.6) is 0 Å². The van der Waals surface area contributed by atoms with E-state index in [-0.39, 0.29) is 41.2 Å². The quantitative estimate of drug-likeness (QED) is 0.143. The molecular weight excluding hydrogens is 468 g/mol. The summed E-state index contributed by atoms with van der Waals surface area (Å²) >= 11 is 0. The zero-order chi connectivity index (χ0) is 28.6. The van der Waals surface area contributed by atoms with Crippen LogP contribution in [0, 0.1) is 22.7 Å². The van der Waals surface area contributed by atoms with Gasteiger partial charge in [-0.25, -0.2) is 0 Å². The van der Waals surface area contributed by atoms with Gasteiger partial charge in [-0.15, -0.1) is 0 Å². The standard InChI is InChI=1S/C35H62O3/c1-9-11-12-13-14-15-16-17-18-19-23-26-30(35(6,7)8)33(29(10-2)34(3,4)5)38-32(37)27-31(36)28-24-21-20-22-25-28/h20-22,24-25,29-31,33,36H,9-19,23,26-27H2,1-8H3. The molecule has 0 aliphatic rings. The van der Waals surface area contributed by atoms with Crippen LogP contribution >= 0.6 is 0 Å². The number of unbranched alkanes of at least 4 members (excludes halogenated alkanes) is 10. The molecule has 1 aromatic carbocycles. The second kappa shape index (κ2) is 18.1. The van der Waals surface area contributed by atoms with Gasteiger partial charge in [-0.05, 0) is 29.2 Å². The summed E-state index contributed by atoms with van der Waals surface area (Å²) in [5.74, 6) is 0.252. The minimum absolute atomic E-state index is 0.00357. The first-order chi connectivity index (χ1) is 17.9. The average Bonchev–Trinajstić information content (AvgIpc) is 2.83. The summed E-state index contributed by atoms with van der Waals surface area (Å²) in [4.78, 5) is 13.2. The fraction of sp³-hybridized carbons (Fsp3) is 0.800. The van der Waals surface area contributed by atoms with Gasteiger partial charge < -0.3 is 9.84 Å². The summed E-state index contributed by atoms with van der Waals surface area (Å²) in [7, 11) is 0. The normalized spacial score (nSPS) is 15.6. The smallest absolute Gasteiger partial charge is 0.309 e. The van der Waals surface area contributed by atoms with Crippen molar-refractivity contribution < 1.29 is 14.6 Å². The van der Waals surface area contributed by atoms with Crippen molar-refractivity contribution in [3.63, 3.8) is 0 Å². The van der Waals surface area contributed by atoms with Gasteiger partial charge in [-0.2, -0.15) is 0 Å². The molecule has 38 heavy (non-hydrogen) atoms. The van der Waals surface area contributed by atoms with Gasteiger partial charge >= 0.3 is 5.97 Å². The number of carbonyl (C=O) groups is 1. The molecule has 0 saturated carbocycles. The Morgan fingerprint density at radius 1 is 0.737 bits per heavy atom. The van der Waals surface area contributed by atoms with E-state index in [0.29, 0.717) is 0 Å². The van der Waals surface area contributed by atoms with Crippen LogP contribution in [0.15, 0.2) is 30.3 Å². The summed E-state index contributed by atoms with van der Waals surface area (Å²) < 4.78 is 6.36. The van der Waals surface area contributed by atoms with E-state index in [4.69, 9.17) is 4.74 Å². The van der Waals surface area contributed by atoms with Gasteiger partial charge in [0.05, 0.1) is 12.5 Å². The van der Waals surface area contributed by atoms with Crippen molar-refractivity contribution in [2.45, 2.75) is 157 Å². The minimum atomic E-state index is -0.834. The van der Waals surface area contributed by atoms with Gasteiger partial charge in [-0.3, -0.25) is 4.79 Å². The molecule has 4 atom stereocenters. The zero-order valence-corrected chi connectivity index (χ0v) is 26.4. The fourth-order valence-electron chi connectivity index (χ4n) is 6.05. The van der Waals surface area contributed by atoms with Gasteiger partial charge in [0.1, 0.15) is 6.10 Å². The molecule has 3 heteroatoms. The van der Waals surface area contributed by atoms with Gasteiger partial charge in [0.15, 0.2) is 0 Å². The van der Waals surface area contributed by atoms with Crippen LogP contribution in [0.4, 0.5) is 0 Å². The molecular formula is C35H62O3. The van der Waals surface area contributed by atoms with E-state index < -0.39 is 6.10 Å². The lowest BCUT2D eigenvalue weighted by Gasteiger charge is -2.45. The van der Waals surface area contributed by atoms with Crippen LogP contribution in [0.1, 0.15) is 157 Å². The molecule has 0 aliphatic carbocycles. The third-order valence-electron chi connectivity index (χ3n) is 8.39. The number of hydrogen-bond acceptors (Lipinski definition) is 3. The lowest BCUT2D eigenvalue weighted by molar-refractivity contribution is -0.165. The number of benzene rings is 1. The van der Waals surface area contributed by atoms with Crippen molar-refractivity contribution >= 4 is 5.97 Å². The molecule has 0 amide bonds. The van der Waals surface area contributed by atoms with Crippen LogP contribution in [0.25, 0.3) is 0 Å². The van der Waals surface area contributed by atoms with Crippen molar-refractivity contribution in [2.75, 3.05) is 0 Å². The topological polar surface area (TPSA) is 46.5 Å². The highest BCUT2D eigenvalue weighted by Crippen LogP contribution is 2.44. The molecule has 0 bridgehead atoms. The molecule has 0 aliphatic heterocycles. The van der Waals surface area contributed by atoms with Gasteiger partial charge in [0.25, 0.3) is 0 Å². The van der Waals surface area contributed by atoms with Crippen molar-refractivity contribution in [1.82, 2.24) is 0 Å². The molecule has 0 aromatic heterocycles. The van der Waals surface area contributed by atoms with E-state index in [1.54, 1.807) is 0 Å². The maximum atomic E-state index is 13.2. The monoisotopic (exact) mass is 530 g/mol. The van der Waals surface area contributed by atoms with Crippen molar-refractivity contribution in [3.8, 4) is 0 Å². The van der Waals surface area contributed by atoms with Gasteiger partial charge in [-0.1, -0.05) is 156 Å². The molecule has 0 spiro atoms. The van der Waals surface area contributed by atoms with Crippen LogP contribution in [0.3, 0.4) is 0 Å². The number of esters is 1. The second-order valence-electron chi connectivity index (χ2n) is 13.8. The Balaban J connectivity index is 2.78. The Hall–Kier alpha value is -1.35. The Bertz CT molecular complexity index is 728. The lowest BCUT2D eigenvalue weighted by Crippen LogP contribution is -2.45. The molecule has 0 heterocycles. The van der Waals surface area contributed by atoms with Crippen molar-refractivity contribution in [3.05, 3.63) is 35.9 Å². The predicted molar refractivity (Wildman–Crippen MR) is 163 cm³/mol. The predicted octanol–water partition coefficient (Wildman–Crippen LogP) is 10.5. The first-order valence-electron chi connectivity index (χ1n) is 15.8. The zero-order valence-electron chi connectivity index (χ0n) is 26.4. The first-order valence-corrected chi connectivity index (χ1v) is 15.8. The third kappa shape index (κ3) is 13.6. The lowest BCUT2D eigenvalue weighted by atomic mass is 9.65. The molecule has 0 saturated heterocycles. The second-order valence-corrected chi connectivity index (χ2v) is 13.8. The SMILES string of the molecule is CCCCCCCCCCCCCC(C(OC(=O)CC(O)c1ccccc1)C(CC)C(C)(C)C)C(C)(C)C. The van der Waals surface area contributed by atoms with E-state index in [1.807, 2.05) is 30.3 Å². The van der Waals surface area contributed by atoms with Crippen LogP contribution < -0.4 is 0 Å². The molecule has 1 N–H and O–H groups in total. The van der Waals surface area contributed by atoms with Gasteiger partial charge in [0, 0.05) is 11.8 Å². The maximum absolute atomic E-state index is 13.2. The molecule has 220 valence electrons. The molecule has 3 nitrogen and oxygen atoms in total. The molecule has 0 radical (unpaired) electrons. The van der Waals surface area contributed by atoms with E-state index in [0.717, 1.165) is 18.4 Å². The van der Waals surface area contributed by atoms with E-state index in [9.17, 15) is 9.90 Å². The minimum Gasteiger partial charge on any atom is -0.462 e. The molecule has 0 fully saturated rings. The van der Waals surface area contributed by atoms with E-state index >= 15 is 0 Å². The molecule has 1 aromatic rings. The van der Waals surface area contributed by atoms with Crippen molar-refractivity contribution in [2.24, 2.45) is 22.7 Å². The summed E-state index contributed by atoms with van der Waals surface area (Å²) in [6, 6.07) is 9.43. The number of carbonyl (C=O) groups excluding carboxylic acids is 1. The fourth-order valence-corrected chi connectivity index (χ4v) is 6.05. The summed E-state index contributed by atoms with van der Waals surface area (Å²) in [6.07, 6.45) is 15.8. The number of aliphatic hydroxyl groups is 1. The Morgan fingerprint density at radius 2 is 1.21 bits per heavy atom. The summed E-state index contributed by atoms with van der Waals surface area (Å²) in [6.45, 7) is 18.2. The average molecular weight is 531 g/mol. The Labute approximate surface area is 236 Å². The highest BCUT2D eigenvalue weighted by Gasteiger charge is 2.42. The van der Waals surface area contributed by atoms with Crippen LogP contribution in [0.2, 0.25) is 0 Å². The number of rotatable bonds is 19. The van der Waals surface area contributed by atoms with Crippen LogP contribution in [-0.2, 0) is 9.53 Å². The highest BCUT2D eigenvalue weighted by molar-refractivity contribution is 5.70. The van der Waals surface area contributed by atoms with Crippen molar-refractivity contribution in [1.29, 1.82) is 0 Å². The Morgan fingerprint density at radius 3 is 1.66 bits per heavy atom. The number of ether oxygens (including phenoxy) is 1. The molecule has 1 rings (SSSR count). The summed E-state index contributed by atoms with van der Waals surface area (Å²) in [5, 5.41) is 10.7.